The highest BCUT2D eigenvalue weighted by Gasteiger charge is 2.25. The van der Waals surface area contributed by atoms with E-state index < -0.39 is 0 Å². The predicted octanol–water partition coefficient (Wildman–Crippen LogP) is 0.802. The number of nitrogens with zero attached hydrogens (tertiary/aromatic N) is 3. The lowest BCUT2D eigenvalue weighted by Gasteiger charge is -2.25. The summed E-state index contributed by atoms with van der Waals surface area (Å²) in [4.78, 5) is 0. The molecule has 1 saturated carbocycles. The minimum atomic E-state index is 0.711. The molecule has 1 aromatic heterocycles. The third-order valence-corrected chi connectivity index (χ3v) is 2.78. The zero-order chi connectivity index (χ0) is 9.26. The first-order valence-corrected chi connectivity index (χ1v) is 4.86. The van der Waals surface area contributed by atoms with E-state index in [1.807, 2.05) is 18.8 Å². The summed E-state index contributed by atoms with van der Waals surface area (Å²) >= 11 is 0. The molecule has 0 bridgehead atoms. The smallest absolute Gasteiger partial charge is 0.0999 e. The minimum absolute atomic E-state index is 0.711. The molecule has 4 nitrogen and oxygen atoms in total. The topological polar surface area (TPSA) is 42.7 Å². The van der Waals surface area contributed by atoms with Gasteiger partial charge in [0.05, 0.1) is 11.4 Å². The van der Waals surface area contributed by atoms with E-state index in [2.05, 4.69) is 15.6 Å². The Balaban J connectivity index is 2.23. The summed E-state index contributed by atoms with van der Waals surface area (Å²) in [7, 11) is 3.93. The second kappa shape index (κ2) is 3.46. The Bertz CT molecular complexity index is 288. The SMILES string of the molecule is CNCc1nnn(C)c1C1CCC1. The Morgan fingerprint density at radius 3 is 2.85 bits per heavy atom. The van der Waals surface area contributed by atoms with Crippen LogP contribution in [0, 0.1) is 0 Å². The van der Waals surface area contributed by atoms with Crippen molar-refractivity contribution in [2.24, 2.45) is 7.05 Å². The van der Waals surface area contributed by atoms with E-state index in [9.17, 15) is 0 Å². The van der Waals surface area contributed by atoms with Gasteiger partial charge in [0.15, 0.2) is 0 Å². The van der Waals surface area contributed by atoms with Crippen molar-refractivity contribution in [2.75, 3.05) is 7.05 Å². The van der Waals surface area contributed by atoms with Crippen LogP contribution < -0.4 is 5.32 Å². The fourth-order valence-corrected chi connectivity index (χ4v) is 1.88. The van der Waals surface area contributed by atoms with Crippen LogP contribution in [-0.4, -0.2) is 22.0 Å². The van der Waals surface area contributed by atoms with E-state index in [1.54, 1.807) is 0 Å². The summed E-state index contributed by atoms with van der Waals surface area (Å²) < 4.78 is 1.93. The van der Waals surface area contributed by atoms with Crippen LogP contribution in [0.4, 0.5) is 0 Å². The molecule has 0 spiro atoms. The lowest BCUT2D eigenvalue weighted by molar-refractivity contribution is 0.394. The lowest BCUT2D eigenvalue weighted by Crippen LogP contribution is -2.17. The van der Waals surface area contributed by atoms with Crippen molar-refractivity contribution >= 4 is 0 Å². The fraction of sp³-hybridized carbons (Fsp3) is 0.778. The molecule has 1 aliphatic rings. The highest BCUT2D eigenvalue weighted by atomic mass is 15.4. The first-order chi connectivity index (χ1) is 6.33. The van der Waals surface area contributed by atoms with Crippen molar-refractivity contribution < 1.29 is 0 Å². The van der Waals surface area contributed by atoms with Crippen LogP contribution in [0.5, 0.6) is 0 Å². The summed E-state index contributed by atoms with van der Waals surface area (Å²) in [6.45, 7) is 0.833. The van der Waals surface area contributed by atoms with Crippen molar-refractivity contribution in [2.45, 2.75) is 31.7 Å². The van der Waals surface area contributed by atoms with Gasteiger partial charge in [0.1, 0.15) is 0 Å². The second-order valence-electron chi connectivity index (χ2n) is 3.70. The number of hydrogen-bond acceptors (Lipinski definition) is 3. The zero-order valence-electron chi connectivity index (χ0n) is 8.25. The molecule has 1 N–H and O–H groups in total. The average molecular weight is 180 g/mol. The molecule has 0 aromatic carbocycles. The van der Waals surface area contributed by atoms with Crippen molar-refractivity contribution in [1.82, 2.24) is 20.3 Å². The molecule has 1 fully saturated rings. The second-order valence-corrected chi connectivity index (χ2v) is 3.70. The Labute approximate surface area is 78.3 Å². The molecule has 0 atom stereocenters. The summed E-state index contributed by atoms with van der Waals surface area (Å²) in [6, 6.07) is 0. The third kappa shape index (κ3) is 1.46. The standard InChI is InChI=1S/C9H16N4/c1-10-6-8-9(7-4-3-5-7)13(2)12-11-8/h7,10H,3-6H2,1-2H3. The van der Waals surface area contributed by atoms with Crippen LogP contribution in [0.25, 0.3) is 0 Å². The lowest BCUT2D eigenvalue weighted by atomic mass is 9.82. The molecular formula is C9H16N4. The quantitative estimate of drug-likeness (QED) is 0.748. The largest absolute Gasteiger partial charge is 0.314 e. The zero-order valence-corrected chi connectivity index (χ0v) is 8.25. The number of aromatic nitrogens is 3. The number of nitrogens with one attached hydrogen (secondary N) is 1. The van der Waals surface area contributed by atoms with Gasteiger partial charge in [0, 0.05) is 19.5 Å². The maximum atomic E-state index is 4.16. The van der Waals surface area contributed by atoms with E-state index in [1.165, 1.54) is 25.0 Å². The van der Waals surface area contributed by atoms with Crippen LogP contribution >= 0.6 is 0 Å². The molecule has 0 saturated heterocycles. The van der Waals surface area contributed by atoms with E-state index in [0.717, 1.165) is 12.2 Å². The number of rotatable bonds is 3. The molecule has 13 heavy (non-hydrogen) atoms. The monoisotopic (exact) mass is 180 g/mol. The van der Waals surface area contributed by atoms with Gasteiger partial charge in [-0.05, 0) is 19.9 Å². The van der Waals surface area contributed by atoms with Gasteiger partial charge >= 0.3 is 0 Å². The molecule has 1 aliphatic carbocycles. The summed E-state index contributed by atoms with van der Waals surface area (Å²) in [5.41, 5.74) is 2.45. The highest BCUT2D eigenvalue weighted by molar-refractivity contribution is 5.17. The maximum absolute atomic E-state index is 4.16. The van der Waals surface area contributed by atoms with Crippen LogP contribution in [-0.2, 0) is 13.6 Å². The van der Waals surface area contributed by atoms with Crippen LogP contribution in [0.2, 0.25) is 0 Å². The average Bonchev–Trinajstić information content (AvgIpc) is 2.34. The minimum Gasteiger partial charge on any atom is -0.314 e. The van der Waals surface area contributed by atoms with Crippen LogP contribution in [0.15, 0.2) is 0 Å². The van der Waals surface area contributed by atoms with E-state index >= 15 is 0 Å². The van der Waals surface area contributed by atoms with Crippen LogP contribution in [0.1, 0.15) is 36.6 Å². The first-order valence-electron chi connectivity index (χ1n) is 4.86. The fourth-order valence-electron chi connectivity index (χ4n) is 1.88. The van der Waals surface area contributed by atoms with Crippen molar-refractivity contribution in [3.05, 3.63) is 11.4 Å². The summed E-state index contributed by atoms with van der Waals surface area (Å²) in [5.74, 6) is 0.711. The molecule has 2 rings (SSSR count). The van der Waals surface area contributed by atoms with Crippen LogP contribution in [0.3, 0.4) is 0 Å². The predicted molar refractivity (Wildman–Crippen MR) is 50.4 cm³/mol. The maximum Gasteiger partial charge on any atom is 0.0999 e. The van der Waals surface area contributed by atoms with Gasteiger partial charge < -0.3 is 5.32 Å². The number of hydrogen-bond donors (Lipinski definition) is 1. The van der Waals surface area contributed by atoms with E-state index in [0.29, 0.717) is 5.92 Å². The van der Waals surface area contributed by atoms with Crippen molar-refractivity contribution in [3.8, 4) is 0 Å². The molecule has 0 aliphatic heterocycles. The van der Waals surface area contributed by atoms with Gasteiger partial charge in [-0.1, -0.05) is 11.6 Å². The summed E-state index contributed by atoms with van der Waals surface area (Å²) in [5, 5.41) is 11.3. The first kappa shape index (κ1) is 8.69. The Hall–Kier alpha value is -0.900. The normalized spacial score (nSPS) is 17.4. The molecular weight excluding hydrogens is 164 g/mol. The number of aryl methyl sites for hydroxylation is 1. The Morgan fingerprint density at radius 1 is 1.54 bits per heavy atom. The third-order valence-electron chi connectivity index (χ3n) is 2.78. The van der Waals surface area contributed by atoms with Gasteiger partial charge in [-0.15, -0.1) is 5.10 Å². The molecule has 4 heteroatoms. The molecule has 72 valence electrons. The molecule has 0 amide bonds. The highest BCUT2D eigenvalue weighted by Crippen LogP contribution is 2.36. The van der Waals surface area contributed by atoms with Crippen molar-refractivity contribution in [3.63, 3.8) is 0 Å². The molecule has 0 radical (unpaired) electrons. The van der Waals surface area contributed by atoms with Crippen molar-refractivity contribution in [1.29, 1.82) is 0 Å². The van der Waals surface area contributed by atoms with Gasteiger partial charge in [-0.25, -0.2) is 0 Å². The van der Waals surface area contributed by atoms with E-state index in [-0.39, 0.29) is 0 Å². The van der Waals surface area contributed by atoms with Gasteiger partial charge in [-0.3, -0.25) is 4.68 Å². The Kier molecular flexibility index (Phi) is 2.31. The van der Waals surface area contributed by atoms with Gasteiger partial charge in [-0.2, -0.15) is 0 Å². The Morgan fingerprint density at radius 2 is 2.31 bits per heavy atom. The van der Waals surface area contributed by atoms with Gasteiger partial charge in [0.2, 0.25) is 0 Å². The van der Waals surface area contributed by atoms with E-state index in [4.69, 9.17) is 0 Å². The molecule has 1 heterocycles. The van der Waals surface area contributed by atoms with Gasteiger partial charge in [0.25, 0.3) is 0 Å². The summed E-state index contributed by atoms with van der Waals surface area (Å²) in [6.07, 6.45) is 3.96. The molecule has 1 aromatic rings. The molecule has 0 unspecified atom stereocenters.